The molecule has 0 spiro atoms. The van der Waals surface area contributed by atoms with Crippen molar-refractivity contribution in [1.82, 2.24) is 5.32 Å². The van der Waals surface area contributed by atoms with E-state index in [1.165, 1.54) is 5.56 Å². The molecule has 0 saturated carbocycles. The quantitative estimate of drug-likeness (QED) is 0.587. The van der Waals surface area contributed by atoms with E-state index in [0.717, 1.165) is 36.4 Å². The minimum atomic E-state index is -0.333. The Bertz CT molecular complexity index is 420. The maximum absolute atomic E-state index is 11.3. The molecule has 0 aliphatic rings. The summed E-state index contributed by atoms with van der Waals surface area (Å²) in [5, 5.41) is 3.38. The van der Waals surface area contributed by atoms with Crippen molar-refractivity contribution in [3.05, 3.63) is 28.8 Å². The summed E-state index contributed by atoms with van der Waals surface area (Å²) in [6.07, 6.45) is 1.12. The lowest BCUT2D eigenvalue weighted by molar-refractivity contribution is -0.145. The lowest BCUT2D eigenvalue weighted by Crippen LogP contribution is -2.16. The number of hydrogen-bond donors (Lipinski definition) is 1. The van der Waals surface area contributed by atoms with Crippen LogP contribution >= 0.6 is 0 Å². The number of carbonyl (C=O) groups excluding carboxylic acids is 1. The fraction of sp³-hybridized carbons (Fsp3) is 0.562. The van der Waals surface area contributed by atoms with Crippen molar-refractivity contribution in [3.8, 4) is 5.75 Å². The molecule has 0 heterocycles. The average Bonchev–Trinajstić information content (AvgIpc) is 2.38. The van der Waals surface area contributed by atoms with Crippen LogP contribution in [0.15, 0.2) is 12.1 Å². The smallest absolute Gasteiger partial charge is 0.344 e. The second-order valence-electron chi connectivity index (χ2n) is 4.83. The fourth-order valence-corrected chi connectivity index (χ4v) is 2.11. The van der Waals surface area contributed by atoms with Gasteiger partial charge in [0.15, 0.2) is 6.61 Å². The average molecular weight is 279 g/mol. The van der Waals surface area contributed by atoms with E-state index in [0.29, 0.717) is 6.61 Å². The summed E-state index contributed by atoms with van der Waals surface area (Å²) in [6.45, 7) is 10.1. The molecule has 0 atom stereocenters. The van der Waals surface area contributed by atoms with Gasteiger partial charge in [0.1, 0.15) is 5.75 Å². The highest BCUT2D eigenvalue weighted by Gasteiger charge is 2.09. The molecule has 20 heavy (non-hydrogen) atoms. The van der Waals surface area contributed by atoms with E-state index in [1.54, 1.807) is 6.92 Å². The number of rotatable bonds is 8. The third-order valence-corrected chi connectivity index (χ3v) is 2.92. The largest absolute Gasteiger partial charge is 0.481 e. The van der Waals surface area contributed by atoms with E-state index in [1.807, 2.05) is 13.8 Å². The molecule has 112 valence electrons. The van der Waals surface area contributed by atoms with Crippen LogP contribution in [0.3, 0.4) is 0 Å². The Labute approximate surface area is 121 Å². The van der Waals surface area contributed by atoms with E-state index in [2.05, 4.69) is 24.4 Å². The molecule has 0 aliphatic carbocycles. The third-order valence-electron chi connectivity index (χ3n) is 2.92. The highest BCUT2D eigenvalue weighted by Crippen LogP contribution is 2.24. The zero-order chi connectivity index (χ0) is 15.0. The van der Waals surface area contributed by atoms with Gasteiger partial charge in [-0.3, -0.25) is 0 Å². The standard InChI is InChI=1S/C16H25NO3/c1-5-7-17-10-14-8-12(3)16(13(4)9-14)20-11-15(18)19-6-2/h8-9,17H,5-7,10-11H2,1-4H3. The van der Waals surface area contributed by atoms with Crippen molar-refractivity contribution < 1.29 is 14.3 Å². The summed E-state index contributed by atoms with van der Waals surface area (Å²) in [5.41, 5.74) is 3.32. The van der Waals surface area contributed by atoms with Gasteiger partial charge in [0, 0.05) is 6.54 Å². The second kappa shape index (κ2) is 8.59. The van der Waals surface area contributed by atoms with Gasteiger partial charge in [-0.2, -0.15) is 0 Å². The summed E-state index contributed by atoms with van der Waals surface area (Å²) >= 11 is 0. The molecule has 0 unspecified atom stereocenters. The van der Waals surface area contributed by atoms with E-state index in [4.69, 9.17) is 9.47 Å². The fourth-order valence-electron chi connectivity index (χ4n) is 2.11. The maximum Gasteiger partial charge on any atom is 0.344 e. The molecule has 0 fully saturated rings. The zero-order valence-corrected chi connectivity index (χ0v) is 12.9. The molecular weight excluding hydrogens is 254 g/mol. The first kappa shape index (κ1) is 16.5. The van der Waals surface area contributed by atoms with Gasteiger partial charge in [0.2, 0.25) is 0 Å². The van der Waals surface area contributed by atoms with Crippen molar-refractivity contribution in [2.75, 3.05) is 19.8 Å². The number of nitrogens with one attached hydrogen (secondary N) is 1. The first-order valence-electron chi connectivity index (χ1n) is 7.17. The summed E-state index contributed by atoms with van der Waals surface area (Å²) in [7, 11) is 0. The van der Waals surface area contributed by atoms with E-state index in [-0.39, 0.29) is 12.6 Å². The molecule has 0 saturated heterocycles. The summed E-state index contributed by atoms with van der Waals surface area (Å²) in [5.74, 6) is 0.442. The molecule has 4 heteroatoms. The maximum atomic E-state index is 11.3. The van der Waals surface area contributed by atoms with Crippen molar-refractivity contribution >= 4 is 5.97 Å². The van der Waals surface area contributed by atoms with Gasteiger partial charge in [-0.1, -0.05) is 19.1 Å². The lowest BCUT2D eigenvalue weighted by atomic mass is 10.1. The van der Waals surface area contributed by atoms with Crippen molar-refractivity contribution in [1.29, 1.82) is 0 Å². The molecule has 0 bridgehead atoms. The van der Waals surface area contributed by atoms with Crippen LogP contribution in [0.2, 0.25) is 0 Å². The van der Waals surface area contributed by atoms with Gasteiger partial charge < -0.3 is 14.8 Å². The van der Waals surface area contributed by atoms with Gasteiger partial charge in [-0.05, 0) is 50.4 Å². The number of esters is 1. The number of carbonyl (C=O) groups is 1. The van der Waals surface area contributed by atoms with Crippen LogP contribution in [-0.4, -0.2) is 25.7 Å². The Morgan fingerprint density at radius 1 is 1.20 bits per heavy atom. The van der Waals surface area contributed by atoms with Crippen molar-refractivity contribution in [2.24, 2.45) is 0 Å². The molecular formula is C16H25NO3. The van der Waals surface area contributed by atoms with Crippen LogP contribution in [0.5, 0.6) is 5.75 Å². The highest BCUT2D eigenvalue weighted by atomic mass is 16.6. The van der Waals surface area contributed by atoms with Gasteiger partial charge >= 0.3 is 5.97 Å². The first-order valence-corrected chi connectivity index (χ1v) is 7.17. The predicted octanol–water partition coefficient (Wildman–Crippen LogP) is 2.74. The highest BCUT2D eigenvalue weighted by molar-refractivity contribution is 5.71. The third kappa shape index (κ3) is 5.21. The van der Waals surface area contributed by atoms with Crippen molar-refractivity contribution in [3.63, 3.8) is 0 Å². The number of hydrogen-bond acceptors (Lipinski definition) is 4. The molecule has 0 aliphatic heterocycles. The number of aryl methyl sites for hydroxylation is 2. The Morgan fingerprint density at radius 2 is 1.85 bits per heavy atom. The normalized spacial score (nSPS) is 10.4. The Kier molecular flexibility index (Phi) is 7.09. The van der Waals surface area contributed by atoms with E-state index >= 15 is 0 Å². The summed E-state index contributed by atoms with van der Waals surface area (Å²) < 4.78 is 10.4. The molecule has 0 aromatic heterocycles. The molecule has 4 nitrogen and oxygen atoms in total. The van der Waals surface area contributed by atoms with Gasteiger partial charge in [-0.25, -0.2) is 4.79 Å². The lowest BCUT2D eigenvalue weighted by Gasteiger charge is -2.14. The van der Waals surface area contributed by atoms with Crippen LogP contribution in [0.4, 0.5) is 0 Å². The first-order chi connectivity index (χ1) is 9.58. The van der Waals surface area contributed by atoms with Gasteiger partial charge in [-0.15, -0.1) is 0 Å². The van der Waals surface area contributed by atoms with Crippen LogP contribution in [0.25, 0.3) is 0 Å². The van der Waals surface area contributed by atoms with Crippen LogP contribution in [-0.2, 0) is 16.1 Å². The number of ether oxygens (including phenoxy) is 2. The monoisotopic (exact) mass is 279 g/mol. The Morgan fingerprint density at radius 3 is 2.40 bits per heavy atom. The molecule has 0 amide bonds. The Hall–Kier alpha value is -1.55. The molecule has 1 aromatic rings. The predicted molar refractivity (Wildman–Crippen MR) is 80.0 cm³/mol. The molecule has 1 aromatic carbocycles. The zero-order valence-electron chi connectivity index (χ0n) is 12.9. The second-order valence-corrected chi connectivity index (χ2v) is 4.83. The van der Waals surface area contributed by atoms with Crippen molar-refractivity contribution in [2.45, 2.75) is 40.7 Å². The topological polar surface area (TPSA) is 47.6 Å². The summed E-state index contributed by atoms with van der Waals surface area (Å²) in [6, 6.07) is 4.19. The van der Waals surface area contributed by atoms with E-state index in [9.17, 15) is 4.79 Å². The van der Waals surface area contributed by atoms with Crippen LogP contribution in [0.1, 0.15) is 37.0 Å². The minimum Gasteiger partial charge on any atom is -0.481 e. The molecule has 0 radical (unpaired) electrons. The SMILES string of the molecule is CCCNCc1cc(C)c(OCC(=O)OCC)c(C)c1. The summed E-state index contributed by atoms with van der Waals surface area (Å²) in [4.78, 5) is 11.3. The van der Waals surface area contributed by atoms with Gasteiger partial charge in [0.05, 0.1) is 6.61 Å². The Balaban J connectivity index is 2.66. The number of benzene rings is 1. The van der Waals surface area contributed by atoms with Crippen LogP contribution < -0.4 is 10.1 Å². The van der Waals surface area contributed by atoms with Crippen LogP contribution in [0, 0.1) is 13.8 Å². The molecule has 1 rings (SSSR count). The van der Waals surface area contributed by atoms with Gasteiger partial charge in [0.25, 0.3) is 0 Å². The molecule has 1 N–H and O–H groups in total. The van der Waals surface area contributed by atoms with E-state index < -0.39 is 0 Å². The minimum absolute atomic E-state index is 0.0387.